The van der Waals surface area contributed by atoms with Crippen molar-refractivity contribution in [1.29, 1.82) is 0 Å². The highest BCUT2D eigenvalue weighted by Gasteiger charge is 2.60. The molecule has 8 nitrogen and oxygen atoms in total. The monoisotopic (exact) mass is 490 g/mol. The lowest BCUT2D eigenvalue weighted by Crippen LogP contribution is -2.53. The Hall–Kier alpha value is -4.03. The number of hydrogen-bond donors (Lipinski definition) is 3. The molecule has 2 aliphatic heterocycles. The largest absolute Gasteiger partial charge is 0.508 e. The van der Waals surface area contributed by atoms with Gasteiger partial charge in [-0.2, -0.15) is 0 Å². The molecule has 0 bridgehead atoms. The van der Waals surface area contributed by atoms with E-state index in [0.29, 0.717) is 47.2 Å². The molecule has 3 N–H and O–H groups in total. The second-order valence-corrected chi connectivity index (χ2v) is 9.31. The number of halogens is 1. The van der Waals surface area contributed by atoms with Crippen molar-refractivity contribution in [3.8, 4) is 23.8 Å². The topological polar surface area (TPSA) is 97.9 Å². The number of terminal acetylenes is 1. The maximum atomic E-state index is 15.5. The molecule has 186 valence electrons. The zero-order valence-electron chi connectivity index (χ0n) is 20.1. The van der Waals surface area contributed by atoms with Crippen molar-refractivity contribution in [2.45, 2.75) is 31.3 Å². The number of rotatable bonds is 7. The number of benzene rings is 2. The summed E-state index contributed by atoms with van der Waals surface area (Å²) in [5.74, 6) is 1.76. The number of ether oxygens (including phenoxy) is 1. The number of methoxy groups -OCH3 is 1. The van der Waals surface area contributed by atoms with Gasteiger partial charge in [0.15, 0.2) is 11.6 Å². The van der Waals surface area contributed by atoms with Gasteiger partial charge in [-0.15, -0.1) is 6.42 Å². The third-order valence-electron chi connectivity index (χ3n) is 7.10. The lowest BCUT2D eigenvalue weighted by molar-refractivity contribution is -0.133. The van der Waals surface area contributed by atoms with Gasteiger partial charge in [0.25, 0.3) is 5.91 Å². The van der Waals surface area contributed by atoms with Gasteiger partial charge in [-0.3, -0.25) is 14.6 Å². The van der Waals surface area contributed by atoms with Crippen LogP contribution in [-0.4, -0.2) is 64.1 Å². The molecule has 36 heavy (non-hydrogen) atoms. The summed E-state index contributed by atoms with van der Waals surface area (Å²) in [7, 11) is 1.40. The van der Waals surface area contributed by atoms with Crippen molar-refractivity contribution >= 4 is 22.8 Å². The van der Waals surface area contributed by atoms with Crippen molar-refractivity contribution in [3.05, 3.63) is 59.0 Å². The molecule has 0 spiro atoms. The summed E-state index contributed by atoms with van der Waals surface area (Å²) in [6.07, 6.45) is 5.94. The maximum absolute atomic E-state index is 15.5. The highest BCUT2D eigenvalue weighted by molar-refractivity contribution is 6.08. The van der Waals surface area contributed by atoms with E-state index in [4.69, 9.17) is 11.2 Å². The molecule has 3 amide bonds. The fourth-order valence-corrected chi connectivity index (χ4v) is 5.47. The Morgan fingerprint density at radius 3 is 2.86 bits per heavy atom. The minimum atomic E-state index is -1.24. The molecule has 3 heterocycles. The van der Waals surface area contributed by atoms with Gasteiger partial charge in [0.2, 0.25) is 0 Å². The Bertz CT molecular complexity index is 1410. The number of aromatic hydroxyl groups is 1. The van der Waals surface area contributed by atoms with Crippen molar-refractivity contribution < 1.29 is 23.8 Å². The zero-order valence-corrected chi connectivity index (χ0v) is 20.1. The van der Waals surface area contributed by atoms with Crippen LogP contribution < -0.4 is 10.1 Å². The number of aromatic nitrogens is 1. The number of nitrogens with zero attached hydrogens (tertiary/aromatic N) is 2. The molecule has 2 aliphatic rings. The molecule has 2 aromatic carbocycles. The number of hydrogen-bond acceptors (Lipinski definition) is 5. The van der Waals surface area contributed by atoms with Crippen molar-refractivity contribution in [1.82, 2.24) is 20.1 Å². The first-order chi connectivity index (χ1) is 17.3. The van der Waals surface area contributed by atoms with Crippen LogP contribution in [0.1, 0.15) is 36.2 Å². The van der Waals surface area contributed by atoms with Crippen LogP contribution in [-0.2, 0) is 11.2 Å². The van der Waals surface area contributed by atoms with E-state index >= 15 is 4.39 Å². The molecular weight excluding hydrogens is 463 g/mol. The lowest BCUT2D eigenvalue weighted by Gasteiger charge is -2.42. The Kier molecular flexibility index (Phi) is 5.85. The van der Waals surface area contributed by atoms with Crippen molar-refractivity contribution in [2.75, 3.05) is 26.7 Å². The predicted octanol–water partition coefficient (Wildman–Crippen LogP) is 3.30. The molecule has 0 saturated carbocycles. The van der Waals surface area contributed by atoms with Gasteiger partial charge in [0.1, 0.15) is 17.3 Å². The highest BCUT2D eigenvalue weighted by Crippen LogP contribution is 2.49. The number of phenolic OH excluding ortho intramolecular Hbond substituents is 1. The number of fused-ring (bicyclic) bond motifs is 4. The molecule has 9 heteroatoms. The number of H-pyrrole nitrogens is 1. The predicted molar refractivity (Wildman–Crippen MR) is 132 cm³/mol. The molecular formula is C27H27FN4O4. The number of aromatic amines is 1. The van der Waals surface area contributed by atoms with E-state index in [0.717, 1.165) is 0 Å². The Morgan fingerprint density at radius 1 is 1.33 bits per heavy atom. The number of amides is 3. The summed E-state index contributed by atoms with van der Waals surface area (Å²) in [6, 6.07) is 8.67. The third-order valence-corrected chi connectivity index (χ3v) is 7.10. The fraction of sp³-hybridized carbons (Fsp3) is 0.333. The highest BCUT2D eigenvalue weighted by atomic mass is 19.1. The first kappa shape index (κ1) is 23.7. The number of urea groups is 1. The van der Waals surface area contributed by atoms with Crippen LogP contribution in [0.25, 0.3) is 10.9 Å². The summed E-state index contributed by atoms with van der Waals surface area (Å²) in [5.41, 5.74) is 1.15. The Morgan fingerprint density at radius 2 is 2.14 bits per heavy atom. The minimum absolute atomic E-state index is 0.0275. The van der Waals surface area contributed by atoms with Crippen LogP contribution in [0.2, 0.25) is 0 Å². The molecule has 0 aliphatic carbocycles. The summed E-state index contributed by atoms with van der Waals surface area (Å²) in [6.45, 7) is 2.91. The molecule has 1 aromatic heterocycles. The van der Waals surface area contributed by atoms with Gasteiger partial charge >= 0.3 is 6.03 Å². The number of phenols is 1. The fourth-order valence-electron chi connectivity index (χ4n) is 5.47. The van der Waals surface area contributed by atoms with Gasteiger partial charge in [-0.05, 0) is 55.3 Å². The van der Waals surface area contributed by atoms with E-state index in [-0.39, 0.29) is 30.4 Å². The minimum Gasteiger partial charge on any atom is -0.508 e. The molecule has 3 aromatic rings. The molecule has 2 atom stereocenters. The first-order valence-corrected chi connectivity index (χ1v) is 11.8. The van der Waals surface area contributed by atoms with Gasteiger partial charge in [-0.25, -0.2) is 9.18 Å². The van der Waals surface area contributed by atoms with E-state index in [1.165, 1.54) is 24.1 Å². The quantitative estimate of drug-likeness (QED) is 0.268. The Labute approximate surface area is 208 Å². The van der Waals surface area contributed by atoms with Gasteiger partial charge in [0.05, 0.1) is 13.7 Å². The number of nitrogens with one attached hydrogen (secondary N) is 2. The third kappa shape index (κ3) is 3.48. The van der Waals surface area contributed by atoms with Gasteiger partial charge in [-0.1, -0.05) is 18.1 Å². The van der Waals surface area contributed by atoms with E-state index in [1.54, 1.807) is 36.1 Å². The second-order valence-electron chi connectivity index (χ2n) is 9.31. The molecule has 1 fully saturated rings. The van der Waals surface area contributed by atoms with Crippen LogP contribution in [0.4, 0.5) is 9.18 Å². The molecule has 1 saturated heterocycles. The van der Waals surface area contributed by atoms with Crippen LogP contribution >= 0.6 is 0 Å². The zero-order chi connectivity index (χ0) is 25.6. The lowest BCUT2D eigenvalue weighted by atomic mass is 9.81. The summed E-state index contributed by atoms with van der Waals surface area (Å²) in [4.78, 5) is 33.6. The van der Waals surface area contributed by atoms with Gasteiger partial charge in [0, 0.05) is 29.6 Å². The number of carbonyl (C=O) groups is 2. The summed E-state index contributed by atoms with van der Waals surface area (Å²) >= 11 is 0. The van der Waals surface area contributed by atoms with Crippen LogP contribution in [0.15, 0.2) is 36.4 Å². The molecule has 0 unspecified atom stereocenters. The van der Waals surface area contributed by atoms with Crippen LogP contribution in [0, 0.1) is 18.2 Å². The Balaban J connectivity index is 1.64. The van der Waals surface area contributed by atoms with E-state index in [1.807, 2.05) is 0 Å². The normalized spacial score (nSPS) is 21.0. The van der Waals surface area contributed by atoms with E-state index in [2.05, 4.69) is 16.2 Å². The summed E-state index contributed by atoms with van der Waals surface area (Å²) in [5, 5.41) is 13.6. The second kappa shape index (κ2) is 8.88. The summed E-state index contributed by atoms with van der Waals surface area (Å²) < 4.78 is 20.7. The van der Waals surface area contributed by atoms with Crippen LogP contribution in [0.5, 0.6) is 11.5 Å². The van der Waals surface area contributed by atoms with Crippen molar-refractivity contribution in [3.63, 3.8) is 0 Å². The average Bonchev–Trinajstić information content (AvgIpc) is 3.31. The average molecular weight is 491 g/mol. The first-order valence-electron chi connectivity index (χ1n) is 11.8. The van der Waals surface area contributed by atoms with E-state index < -0.39 is 23.4 Å². The SMILES string of the molecule is C#CCNCCCN1C(=O)N2[C@H](c3cccc(O)c3)c3[nH]c4ccc(OC)c(F)c4c3C[C@@]2(C)C1=O. The van der Waals surface area contributed by atoms with Gasteiger partial charge < -0.3 is 20.1 Å². The number of imide groups is 1. The maximum Gasteiger partial charge on any atom is 0.328 e. The standard InChI is InChI=1S/C27H27FN4O4/c1-4-11-29-12-6-13-31-25(34)27(2)15-18-21-19(9-10-20(36-3)22(21)28)30-23(18)24(32(27)26(31)35)16-7-5-8-17(33)14-16/h1,5,7-10,14,24,29-30,33H,6,11-13,15H2,2-3H3/t24-,27+/m1/s1. The smallest absolute Gasteiger partial charge is 0.328 e. The van der Waals surface area contributed by atoms with E-state index in [9.17, 15) is 14.7 Å². The van der Waals surface area contributed by atoms with Crippen LogP contribution in [0.3, 0.4) is 0 Å². The van der Waals surface area contributed by atoms with Crippen molar-refractivity contribution in [2.24, 2.45) is 0 Å². The molecule has 5 rings (SSSR count). The molecule has 0 radical (unpaired) electrons. The number of carbonyl (C=O) groups excluding carboxylic acids is 2.